The number of aryl methyl sites for hydroxylation is 1. The molecule has 0 fully saturated rings. The highest BCUT2D eigenvalue weighted by molar-refractivity contribution is 8.02. The number of carbonyl (C=O) groups excluding carboxylic acids is 1. The number of thioether (sulfide) groups is 1. The van der Waals surface area contributed by atoms with E-state index in [1.54, 1.807) is 0 Å². The second kappa shape index (κ2) is 8.32. The number of hydrogen-bond donors (Lipinski definition) is 1. The van der Waals surface area contributed by atoms with E-state index < -0.39 is 0 Å². The summed E-state index contributed by atoms with van der Waals surface area (Å²) in [7, 11) is 0. The molecule has 1 aromatic heterocycles. The summed E-state index contributed by atoms with van der Waals surface area (Å²) in [6, 6.07) is 16.4. The molecule has 1 aliphatic heterocycles. The fourth-order valence-electron chi connectivity index (χ4n) is 3.28. The Bertz CT molecular complexity index is 988. The summed E-state index contributed by atoms with van der Waals surface area (Å²) in [5.41, 5.74) is 4.77. The zero-order valence-electron chi connectivity index (χ0n) is 15.9. The molecule has 0 unspecified atom stereocenters. The fourth-order valence-corrected chi connectivity index (χ4v) is 5.27. The van der Waals surface area contributed by atoms with Crippen LogP contribution in [0.4, 0.5) is 10.8 Å². The van der Waals surface area contributed by atoms with Crippen molar-refractivity contribution >= 4 is 39.8 Å². The van der Waals surface area contributed by atoms with Crippen molar-refractivity contribution in [1.82, 2.24) is 15.1 Å². The van der Waals surface area contributed by atoms with Crippen molar-refractivity contribution in [1.29, 1.82) is 0 Å². The van der Waals surface area contributed by atoms with Crippen molar-refractivity contribution in [2.75, 3.05) is 11.9 Å². The Kier molecular flexibility index (Phi) is 5.64. The van der Waals surface area contributed by atoms with Gasteiger partial charge >= 0.3 is 0 Å². The number of hydrogen-bond acceptors (Lipinski definition) is 6. The maximum Gasteiger partial charge on any atom is 0.236 e. The Hall–Kier alpha value is -2.38. The van der Waals surface area contributed by atoms with Crippen LogP contribution in [0.2, 0.25) is 0 Å². The van der Waals surface area contributed by atoms with Gasteiger partial charge in [0, 0.05) is 18.8 Å². The quantitative estimate of drug-likeness (QED) is 0.620. The number of para-hydroxylation sites is 1. The minimum absolute atomic E-state index is 0.156. The van der Waals surface area contributed by atoms with Crippen molar-refractivity contribution in [3.05, 3.63) is 65.2 Å². The average molecular weight is 411 g/mol. The van der Waals surface area contributed by atoms with Crippen LogP contribution >= 0.6 is 23.1 Å². The van der Waals surface area contributed by atoms with Gasteiger partial charge in [0.25, 0.3) is 0 Å². The lowest BCUT2D eigenvalue weighted by Crippen LogP contribution is -2.40. The van der Waals surface area contributed by atoms with Crippen molar-refractivity contribution in [3.8, 4) is 0 Å². The zero-order valence-corrected chi connectivity index (χ0v) is 17.5. The van der Waals surface area contributed by atoms with Crippen molar-refractivity contribution in [2.45, 2.75) is 36.4 Å². The Morgan fingerprint density at radius 2 is 1.89 bits per heavy atom. The molecule has 0 saturated carbocycles. The number of benzene rings is 2. The largest absolute Gasteiger partial charge is 0.337 e. The van der Waals surface area contributed by atoms with Gasteiger partial charge in [-0.3, -0.25) is 4.79 Å². The van der Waals surface area contributed by atoms with Crippen molar-refractivity contribution in [3.63, 3.8) is 0 Å². The summed E-state index contributed by atoms with van der Waals surface area (Å²) in [6.07, 6.45) is 0.919. The Morgan fingerprint density at radius 1 is 1.14 bits per heavy atom. The first-order valence-corrected chi connectivity index (χ1v) is 11.0. The molecule has 28 heavy (non-hydrogen) atoms. The van der Waals surface area contributed by atoms with Crippen LogP contribution in [0.1, 0.15) is 23.6 Å². The molecule has 2 heterocycles. The molecule has 0 aliphatic carbocycles. The fraction of sp³-hybridized carbons (Fsp3) is 0.286. The lowest BCUT2D eigenvalue weighted by atomic mass is 10.00. The molecule has 1 atom stereocenters. The average Bonchev–Trinajstić information content (AvgIpc) is 3.15. The highest BCUT2D eigenvalue weighted by Crippen LogP contribution is 2.32. The van der Waals surface area contributed by atoms with E-state index in [-0.39, 0.29) is 11.2 Å². The third-order valence-corrected chi connectivity index (χ3v) is 6.87. The smallest absolute Gasteiger partial charge is 0.236 e. The second-order valence-electron chi connectivity index (χ2n) is 6.85. The van der Waals surface area contributed by atoms with E-state index in [2.05, 4.69) is 46.7 Å². The van der Waals surface area contributed by atoms with E-state index in [1.807, 2.05) is 36.1 Å². The molecule has 0 saturated heterocycles. The van der Waals surface area contributed by atoms with Gasteiger partial charge in [-0.1, -0.05) is 65.6 Å². The lowest BCUT2D eigenvalue weighted by molar-refractivity contribution is -0.131. The first-order valence-electron chi connectivity index (χ1n) is 9.28. The molecule has 1 aliphatic rings. The number of amides is 1. The summed E-state index contributed by atoms with van der Waals surface area (Å²) in [4.78, 5) is 14.9. The molecule has 1 amide bonds. The van der Waals surface area contributed by atoms with Crippen LogP contribution in [0.3, 0.4) is 0 Å². The van der Waals surface area contributed by atoms with Crippen molar-refractivity contribution < 1.29 is 4.79 Å². The molecule has 0 bridgehead atoms. The molecule has 2 aromatic carbocycles. The molecule has 1 N–H and O–H groups in total. The summed E-state index contributed by atoms with van der Waals surface area (Å²) < 4.78 is 0.800. The minimum atomic E-state index is -0.190. The predicted molar refractivity (Wildman–Crippen MR) is 115 cm³/mol. The molecular formula is C21H22N4OS2. The summed E-state index contributed by atoms with van der Waals surface area (Å²) in [5, 5.41) is 12.3. The van der Waals surface area contributed by atoms with Gasteiger partial charge in [0.1, 0.15) is 0 Å². The predicted octanol–water partition coefficient (Wildman–Crippen LogP) is 4.66. The van der Waals surface area contributed by atoms with E-state index in [0.29, 0.717) is 6.54 Å². The third kappa shape index (κ3) is 4.20. The Labute approximate surface area is 173 Å². The first kappa shape index (κ1) is 19.0. The van der Waals surface area contributed by atoms with E-state index >= 15 is 0 Å². The van der Waals surface area contributed by atoms with Crippen LogP contribution in [-0.4, -0.2) is 32.8 Å². The monoisotopic (exact) mass is 410 g/mol. The van der Waals surface area contributed by atoms with Gasteiger partial charge < -0.3 is 10.2 Å². The SMILES string of the molecule is Cc1ccccc1Nc1nnc(S[C@@H](C)C(=O)N2CCc3ccccc3C2)s1. The number of rotatable bonds is 5. The van der Waals surface area contributed by atoms with Crippen LogP contribution in [0.25, 0.3) is 0 Å². The normalized spacial score (nSPS) is 14.4. The molecule has 144 valence electrons. The summed E-state index contributed by atoms with van der Waals surface area (Å²) >= 11 is 2.95. The van der Waals surface area contributed by atoms with E-state index in [4.69, 9.17) is 0 Å². The van der Waals surface area contributed by atoms with E-state index in [0.717, 1.165) is 33.7 Å². The number of anilines is 2. The van der Waals surface area contributed by atoms with Gasteiger partial charge in [-0.2, -0.15) is 0 Å². The van der Waals surface area contributed by atoms with Crippen molar-refractivity contribution in [2.24, 2.45) is 0 Å². The van der Waals surface area contributed by atoms with Gasteiger partial charge in [-0.15, -0.1) is 10.2 Å². The molecule has 0 spiro atoms. The Balaban J connectivity index is 1.37. The van der Waals surface area contributed by atoms with Crippen LogP contribution in [-0.2, 0) is 17.8 Å². The molecule has 4 rings (SSSR count). The zero-order chi connectivity index (χ0) is 19.5. The first-order chi connectivity index (χ1) is 13.6. The van der Waals surface area contributed by atoms with E-state index in [9.17, 15) is 4.79 Å². The summed E-state index contributed by atoms with van der Waals surface area (Å²) in [5.74, 6) is 0.156. The number of nitrogens with zero attached hydrogens (tertiary/aromatic N) is 3. The number of carbonyl (C=O) groups is 1. The van der Waals surface area contributed by atoms with Gasteiger partial charge in [-0.05, 0) is 43.0 Å². The molecular weight excluding hydrogens is 388 g/mol. The van der Waals surface area contributed by atoms with Gasteiger partial charge in [-0.25, -0.2) is 0 Å². The van der Waals surface area contributed by atoms with Crippen LogP contribution in [0, 0.1) is 6.92 Å². The van der Waals surface area contributed by atoms with Gasteiger partial charge in [0.2, 0.25) is 11.0 Å². The minimum Gasteiger partial charge on any atom is -0.337 e. The maximum absolute atomic E-state index is 12.9. The molecule has 0 radical (unpaired) electrons. The molecule has 7 heteroatoms. The van der Waals surface area contributed by atoms with E-state index in [1.165, 1.54) is 34.2 Å². The standard InChI is InChI=1S/C21H22N4OS2/c1-14-7-3-6-10-18(14)22-20-23-24-21(28-20)27-15(2)19(26)25-12-11-16-8-4-5-9-17(16)13-25/h3-10,15H,11-13H2,1-2H3,(H,22,23)/t15-/m0/s1. The number of fused-ring (bicyclic) bond motifs is 1. The topological polar surface area (TPSA) is 58.1 Å². The lowest BCUT2D eigenvalue weighted by Gasteiger charge is -2.30. The second-order valence-corrected chi connectivity index (χ2v) is 9.42. The highest BCUT2D eigenvalue weighted by atomic mass is 32.2. The van der Waals surface area contributed by atoms with Crippen LogP contribution in [0.5, 0.6) is 0 Å². The maximum atomic E-state index is 12.9. The van der Waals surface area contributed by atoms with Crippen LogP contribution < -0.4 is 5.32 Å². The van der Waals surface area contributed by atoms with Gasteiger partial charge in [0.05, 0.1) is 5.25 Å². The Morgan fingerprint density at radius 3 is 2.71 bits per heavy atom. The highest BCUT2D eigenvalue weighted by Gasteiger charge is 2.26. The molecule has 3 aromatic rings. The third-order valence-electron chi connectivity index (χ3n) is 4.86. The van der Waals surface area contributed by atoms with Gasteiger partial charge in [0.15, 0.2) is 4.34 Å². The molecule has 5 nitrogen and oxygen atoms in total. The number of nitrogens with one attached hydrogen (secondary N) is 1. The summed E-state index contributed by atoms with van der Waals surface area (Å²) in [6.45, 7) is 5.47. The van der Waals surface area contributed by atoms with Crippen LogP contribution in [0.15, 0.2) is 52.9 Å². The number of aromatic nitrogens is 2.